The van der Waals surface area contributed by atoms with E-state index in [9.17, 15) is 14.3 Å². The molecule has 0 spiro atoms. The van der Waals surface area contributed by atoms with Crippen molar-refractivity contribution in [3.8, 4) is 5.75 Å². The van der Waals surface area contributed by atoms with E-state index in [4.69, 9.17) is 4.99 Å². The van der Waals surface area contributed by atoms with Crippen LogP contribution in [-0.4, -0.2) is 59.0 Å². The van der Waals surface area contributed by atoms with Crippen LogP contribution in [0.2, 0.25) is 0 Å². The van der Waals surface area contributed by atoms with Gasteiger partial charge in [0.2, 0.25) is 5.91 Å². The van der Waals surface area contributed by atoms with E-state index in [1.807, 2.05) is 4.90 Å². The zero-order valence-corrected chi connectivity index (χ0v) is 17.7. The molecule has 3 aliphatic rings. The van der Waals surface area contributed by atoms with Crippen molar-refractivity contribution in [1.29, 1.82) is 0 Å². The summed E-state index contributed by atoms with van der Waals surface area (Å²) in [6.07, 6.45) is 9.73. The van der Waals surface area contributed by atoms with Gasteiger partial charge in [0.25, 0.3) is 0 Å². The van der Waals surface area contributed by atoms with Crippen LogP contribution in [0, 0.1) is 11.7 Å². The van der Waals surface area contributed by atoms with E-state index < -0.39 is 5.82 Å². The molecule has 2 N–H and O–H groups in total. The molecule has 0 radical (unpaired) electrons. The van der Waals surface area contributed by atoms with Crippen molar-refractivity contribution >= 4 is 17.6 Å². The van der Waals surface area contributed by atoms with Gasteiger partial charge in [-0.15, -0.1) is 0 Å². The lowest BCUT2D eigenvalue weighted by molar-refractivity contribution is -0.127. The molecule has 0 bridgehead atoms. The first-order valence-corrected chi connectivity index (χ1v) is 11.5. The maximum atomic E-state index is 13.8. The van der Waals surface area contributed by atoms with Crippen molar-refractivity contribution < 1.29 is 14.3 Å². The van der Waals surface area contributed by atoms with E-state index in [1.165, 1.54) is 43.9 Å². The van der Waals surface area contributed by atoms with Gasteiger partial charge in [0, 0.05) is 44.7 Å². The van der Waals surface area contributed by atoms with Crippen molar-refractivity contribution in [3.05, 3.63) is 24.0 Å². The summed E-state index contributed by atoms with van der Waals surface area (Å²) in [5.74, 6) is 1.27. The largest absolute Gasteiger partial charge is 0.506 e. The summed E-state index contributed by atoms with van der Waals surface area (Å²) >= 11 is 0. The predicted octanol–water partition coefficient (Wildman–Crippen LogP) is 3.97. The minimum absolute atomic E-state index is 0.0176. The number of phenolic OH excluding ortho intramolecular Hbond substituents is 1. The Morgan fingerprint density at radius 2 is 2.00 bits per heavy atom. The number of carbonyl (C=O) groups is 1. The molecule has 2 heterocycles. The Balaban J connectivity index is 1.49. The van der Waals surface area contributed by atoms with Crippen LogP contribution in [0.5, 0.6) is 5.75 Å². The summed E-state index contributed by atoms with van der Waals surface area (Å²) in [6, 6.07) is 4.39. The van der Waals surface area contributed by atoms with E-state index in [2.05, 4.69) is 10.2 Å². The summed E-state index contributed by atoms with van der Waals surface area (Å²) in [4.78, 5) is 20.9. The lowest BCUT2D eigenvalue weighted by atomic mass is 9.78. The first-order chi connectivity index (χ1) is 14.6. The highest BCUT2D eigenvalue weighted by Crippen LogP contribution is 2.36. The van der Waals surface area contributed by atoms with Crippen LogP contribution in [0.15, 0.2) is 23.2 Å². The van der Waals surface area contributed by atoms with Gasteiger partial charge in [0.1, 0.15) is 11.6 Å². The van der Waals surface area contributed by atoms with E-state index >= 15 is 0 Å². The Hall–Kier alpha value is -2.31. The Kier molecular flexibility index (Phi) is 6.75. The van der Waals surface area contributed by atoms with Gasteiger partial charge in [-0.05, 0) is 56.6 Å². The van der Waals surface area contributed by atoms with Crippen LogP contribution in [0.3, 0.4) is 0 Å². The van der Waals surface area contributed by atoms with Gasteiger partial charge < -0.3 is 20.2 Å². The van der Waals surface area contributed by atoms with Crippen molar-refractivity contribution in [3.63, 3.8) is 0 Å². The van der Waals surface area contributed by atoms with Crippen LogP contribution in [0.1, 0.15) is 57.8 Å². The van der Waals surface area contributed by atoms with Crippen LogP contribution < -0.4 is 5.32 Å². The molecule has 2 saturated heterocycles. The standard InChI is InChI=1S/C23H33FN4O2/c24-18-10-11-21(29)19(16-18)26-23(25-12-5-14-27-13-4-9-22(27)30)28-15-3-7-17-6-1-2-8-20(17)28/h10-11,16-17,20,29H,1-9,12-15H2,(H,25,26). The number of carbonyl (C=O) groups excluding carboxylic acids is 1. The zero-order valence-electron chi connectivity index (χ0n) is 17.7. The van der Waals surface area contributed by atoms with Gasteiger partial charge in [-0.1, -0.05) is 12.8 Å². The van der Waals surface area contributed by atoms with E-state index in [-0.39, 0.29) is 11.7 Å². The van der Waals surface area contributed by atoms with Crippen molar-refractivity contribution in [1.82, 2.24) is 9.80 Å². The number of phenols is 1. The molecule has 164 valence electrons. The van der Waals surface area contributed by atoms with Gasteiger partial charge in [0.15, 0.2) is 5.96 Å². The third-order valence-electron chi connectivity index (χ3n) is 6.74. The molecule has 1 aromatic carbocycles. The number of nitrogens with one attached hydrogen (secondary N) is 1. The average Bonchev–Trinajstić information content (AvgIpc) is 3.17. The second-order valence-electron chi connectivity index (χ2n) is 8.78. The topological polar surface area (TPSA) is 68.2 Å². The van der Waals surface area contributed by atoms with Crippen molar-refractivity contribution in [2.24, 2.45) is 10.9 Å². The lowest BCUT2D eigenvalue weighted by Gasteiger charge is -2.45. The van der Waals surface area contributed by atoms with E-state index in [0.29, 0.717) is 30.6 Å². The number of nitrogens with zero attached hydrogens (tertiary/aromatic N) is 3. The first-order valence-electron chi connectivity index (χ1n) is 11.5. The normalized spacial score (nSPS) is 24.8. The summed E-state index contributed by atoms with van der Waals surface area (Å²) in [7, 11) is 0. The molecular formula is C23H33FN4O2. The smallest absolute Gasteiger partial charge is 0.222 e. The number of halogens is 1. The van der Waals surface area contributed by atoms with Gasteiger partial charge in [-0.25, -0.2) is 4.39 Å². The summed E-state index contributed by atoms with van der Waals surface area (Å²) in [5.41, 5.74) is 0.349. The van der Waals surface area contributed by atoms with Gasteiger partial charge in [0.05, 0.1) is 5.69 Å². The number of amides is 1. The third kappa shape index (κ3) is 4.87. The number of rotatable bonds is 5. The minimum Gasteiger partial charge on any atom is -0.506 e. The van der Waals surface area contributed by atoms with E-state index in [0.717, 1.165) is 51.3 Å². The molecule has 2 atom stereocenters. The predicted molar refractivity (Wildman–Crippen MR) is 116 cm³/mol. The number of benzene rings is 1. The molecule has 1 aliphatic carbocycles. The second kappa shape index (κ2) is 9.67. The minimum atomic E-state index is -0.392. The van der Waals surface area contributed by atoms with Crippen LogP contribution >= 0.6 is 0 Å². The maximum absolute atomic E-state index is 13.8. The number of piperidine rings is 1. The average molecular weight is 417 g/mol. The van der Waals surface area contributed by atoms with E-state index in [1.54, 1.807) is 0 Å². The Bertz CT molecular complexity index is 782. The van der Waals surface area contributed by atoms with Crippen molar-refractivity contribution in [2.75, 3.05) is 31.5 Å². The number of hydrogen-bond acceptors (Lipinski definition) is 3. The molecule has 2 unspecified atom stereocenters. The van der Waals surface area contributed by atoms with Crippen molar-refractivity contribution in [2.45, 2.75) is 63.8 Å². The Labute approximate surface area is 178 Å². The number of guanidine groups is 1. The third-order valence-corrected chi connectivity index (χ3v) is 6.74. The molecule has 1 aromatic rings. The fraction of sp³-hybridized carbons (Fsp3) is 0.652. The number of hydrogen-bond donors (Lipinski definition) is 2. The highest BCUT2D eigenvalue weighted by Gasteiger charge is 2.35. The van der Waals surface area contributed by atoms with Gasteiger partial charge in [-0.2, -0.15) is 0 Å². The van der Waals surface area contributed by atoms with Crippen LogP contribution in [-0.2, 0) is 4.79 Å². The number of likely N-dealkylation sites (tertiary alicyclic amines) is 2. The number of aromatic hydroxyl groups is 1. The van der Waals surface area contributed by atoms with Gasteiger partial charge >= 0.3 is 0 Å². The fourth-order valence-electron chi connectivity index (χ4n) is 5.21. The Morgan fingerprint density at radius 1 is 1.17 bits per heavy atom. The second-order valence-corrected chi connectivity index (χ2v) is 8.78. The molecular weight excluding hydrogens is 383 g/mol. The fourth-order valence-corrected chi connectivity index (χ4v) is 5.21. The monoisotopic (exact) mass is 416 g/mol. The molecule has 7 heteroatoms. The number of fused-ring (bicyclic) bond motifs is 1. The highest BCUT2D eigenvalue weighted by atomic mass is 19.1. The number of aliphatic imine (C=N–C) groups is 1. The van der Waals surface area contributed by atoms with Crippen LogP contribution in [0.4, 0.5) is 10.1 Å². The number of anilines is 1. The summed E-state index contributed by atoms with van der Waals surface area (Å²) in [6.45, 7) is 3.09. The summed E-state index contributed by atoms with van der Waals surface area (Å²) < 4.78 is 13.8. The molecule has 2 aliphatic heterocycles. The van der Waals surface area contributed by atoms with Gasteiger partial charge in [-0.3, -0.25) is 9.79 Å². The SMILES string of the molecule is O=C1CCCN1CCCN=C(Nc1cc(F)ccc1O)N1CCCC2CCCCC21. The quantitative estimate of drug-likeness (QED) is 0.330. The Morgan fingerprint density at radius 3 is 2.83 bits per heavy atom. The molecule has 4 rings (SSSR count). The maximum Gasteiger partial charge on any atom is 0.222 e. The molecule has 1 amide bonds. The molecule has 3 fully saturated rings. The molecule has 6 nitrogen and oxygen atoms in total. The molecule has 1 saturated carbocycles. The first kappa shape index (κ1) is 20.9. The van der Waals surface area contributed by atoms with Crippen LogP contribution in [0.25, 0.3) is 0 Å². The molecule has 30 heavy (non-hydrogen) atoms. The molecule has 0 aromatic heterocycles. The lowest BCUT2D eigenvalue weighted by Crippen LogP contribution is -2.52. The highest BCUT2D eigenvalue weighted by molar-refractivity contribution is 5.95. The zero-order chi connectivity index (χ0) is 20.9. The summed E-state index contributed by atoms with van der Waals surface area (Å²) in [5, 5.41) is 13.4.